The number of carbonyl (C=O) groups excluding carboxylic acids is 2. The smallest absolute Gasteiger partial charge is 0.272 e. The molecule has 0 aliphatic carbocycles. The number of amides is 2. The molecule has 0 unspecified atom stereocenters. The van der Waals surface area contributed by atoms with E-state index in [4.69, 9.17) is 0 Å². The van der Waals surface area contributed by atoms with Gasteiger partial charge in [-0.25, -0.2) is 5.43 Å². The van der Waals surface area contributed by atoms with Crippen LogP contribution in [-0.4, -0.2) is 22.5 Å². The summed E-state index contributed by atoms with van der Waals surface area (Å²) in [6.07, 6.45) is 3.14. The molecule has 1 aromatic carbocycles. The standard InChI is InChI=1S/C18H20N4O2/c1-12-6-4-8-16(14(12)3)20-17(23)10-13(2)21-22-18(24)15-7-5-9-19-11-15/h4-9,11H,10H2,1-3H3,(H,20,23)(H,22,24)/b21-13+. The van der Waals surface area contributed by atoms with Gasteiger partial charge in [0.15, 0.2) is 0 Å². The highest BCUT2D eigenvalue weighted by Gasteiger charge is 2.08. The minimum Gasteiger partial charge on any atom is -0.326 e. The molecule has 0 bridgehead atoms. The number of hydrogen-bond acceptors (Lipinski definition) is 4. The van der Waals surface area contributed by atoms with Gasteiger partial charge in [0.2, 0.25) is 5.91 Å². The quantitative estimate of drug-likeness (QED) is 0.655. The largest absolute Gasteiger partial charge is 0.326 e. The van der Waals surface area contributed by atoms with Gasteiger partial charge >= 0.3 is 0 Å². The van der Waals surface area contributed by atoms with Gasteiger partial charge in [0.1, 0.15) is 0 Å². The lowest BCUT2D eigenvalue weighted by Crippen LogP contribution is -2.21. The average Bonchev–Trinajstić information content (AvgIpc) is 2.57. The lowest BCUT2D eigenvalue weighted by atomic mass is 10.1. The molecule has 2 N–H and O–H groups in total. The van der Waals surface area contributed by atoms with Crippen LogP contribution in [-0.2, 0) is 4.79 Å². The van der Waals surface area contributed by atoms with Gasteiger partial charge in [-0.15, -0.1) is 0 Å². The summed E-state index contributed by atoms with van der Waals surface area (Å²) in [6, 6.07) is 9.05. The van der Waals surface area contributed by atoms with Crippen LogP contribution in [0.2, 0.25) is 0 Å². The fraction of sp³-hybridized carbons (Fsp3) is 0.222. The van der Waals surface area contributed by atoms with Crippen molar-refractivity contribution in [2.45, 2.75) is 27.2 Å². The number of nitrogens with zero attached hydrogens (tertiary/aromatic N) is 2. The fourth-order valence-electron chi connectivity index (χ4n) is 2.06. The van der Waals surface area contributed by atoms with E-state index in [9.17, 15) is 9.59 Å². The van der Waals surface area contributed by atoms with E-state index in [2.05, 4.69) is 20.8 Å². The highest BCUT2D eigenvalue weighted by Crippen LogP contribution is 2.18. The van der Waals surface area contributed by atoms with E-state index in [-0.39, 0.29) is 18.2 Å². The second-order valence-electron chi connectivity index (χ2n) is 5.50. The van der Waals surface area contributed by atoms with E-state index in [1.807, 2.05) is 32.0 Å². The Kier molecular flexibility index (Phi) is 5.78. The first-order valence-corrected chi connectivity index (χ1v) is 7.57. The van der Waals surface area contributed by atoms with Crippen molar-refractivity contribution in [2.24, 2.45) is 5.10 Å². The van der Waals surface area contributed by atoms with Crippen LogP contribution in [0.25, 0.3) is 0 Å². The molecule has 2 aromatic rings. The summed E-state index contributed by atoms with van der Waals surface area (Å²) in [5, 5.41) is 6.81. The second kappa shape index (κ2) is 8.01. The van der Waals surface area contributed by atoms with Crippen LogP contribution < -0.4 is 10.7 Å². The van der Waals surface area contributed by atoms with E-state index in [1.165, 1.54) is 6.20 Å². The maximum atomic E-state index is 12.1. The Labute approximate surface area is 141 Å². The lowest BCUT2D eigenvalue weighted by molar-refractivity contribution is -0.115. The van der Waals surface area contributed by atoms with Crippen molar-refractivity contribution in [3.63, 3.8) is 0 Å². The van der Waals surface area contributed by atoms with Crippen LogP contribution in [0.1, 0.15) is 34.8 Å². The Balaban J connectivity index is 1.91. The first-order chi connectivity index (χ1) is 11.5. The Morgan fingerprint density at radius 1 is 1.17 bits per heavy atom. The number of hydrogen-bond donors (Lipinski definition) is 2. The number of anilines is 1. The highest BCUT2D eigenvalue weighted by molar-refractivity contribution is 6.06. The fourth-order valence-corrected chi connectivity index (χ4v) is 2.06. The molecule has 0 fully saturated rings. The molecule has 0 saturated heterocycles. The Morgan fingerprint density at radius 3 is 2.67 bits per heavy atom. The molecule has 0 atom stereocenters. The van der Waals surface area contributed by atoms with E-state index in [0.29, 0.717) is 11.3 Å². The van der Waals surface area contributed by atoms with Crippen molar-refractivity contribution in [3.05, 3.63) is 59.4 Å². The predicted molar refractivity (Wildman–Crippen MR) is 94.0 cm³/mol. The predicted octanol–water partition coefficient (Wildman–Crippen LogP) is 2.83. The minimum absolute atomic E-state index is 0.0979. The summed E-state index contributed by atoms with van der Waals surface area (Å²) < 4.78 is 0. The van der Waals surface area contributed by atoms with Gasteiger partial charge in [0, 0.05) is 23.8 Å². The number of benzene rings is 1. The van der Waals surface area contributed by atoms with Gasteiger partial charge in [-0.1, -0.05) is 12.1 Å². The Bertz CT molecular complexity index is 770. The summed E-state index contributed by atoms with van der Waals surface area (Å²) in [6.45, 7) is 5.64. The van der Waals surface area contributed by atoms with Crippen molar-refractivity contribution in [1.82, 2.24) is 10.4 Å². The van der Waals surface area contributed by atoms with Gasteiger partial charge < -0.3 is 5.32 Å². The van der Waals surface area contributed by atoms with E-state index >= 15 is 0 Å². The summed E-state index contributed by atoms with van der Waals surface area (Å²) in [5.41, 5.74) is 6.27. The number of aryl methyl sites for hydroxylation is 1. The maximum Gasteiger partial charge on any atom is 0.272 e. The van der Waals surface area contributed by atoms with E-state index in [0.717, 1.165) is 16.8 Å². The molecule has 6 heteroatoms. The third-order valence-corrected chi connectivity index (χ3v) is 3.57. The summed E-state index contributed by atoms with van der Waals surface area (Å²) in [7, 11) is 0. The SMILES string of the molecule is C/C(CC(=O)Nc1cccc(C)c1C)=N\NC(=O)c1cccnc1. The van der Waals surface area contributed by atoms with Crippen LogP contribution in [0.3, 0.4) is 0 Å². The molecule has 24 heavy (non-hydrogen) atoms. The van der Waals surface area contributed by atoms with Crippen molar-refractivity contribution < 1.29 is 9.59 Å². The average molecular weight is 324 g/mol. The molecule has 0 saturated carbocycles. The zero-order chi connectivity index (χ0) is 17.5. The number of aromatic nitrogens is 1. The topological polar surface area (TPSA) is 83.5 Å². The van der Waals surface area contributed by atoms with Crippen molar-refractivity contribution in [1.29, 1.82) is 0 Å². The molecule has 1 heterocycles. The Morgan fingerprint density at radius 2 is 1.96 bits per heavy atom. The van der Waals surface area contributed by atoms with Crippen molar-refractivity contribution in [2.75, 3.05) is 5.32 Å². The van der Waals surface area contributed by atoms with Crippen molar-refractivity contribution >= 4 is 23.2 Å². The van der Waals surface area contributed by atoms with Crippen LogP contribution in [0.4, 0.5) is 5.69 Å². The monoisotopic (exact) mass is 324 g/mol. The first kappa shape index (κ1) is 17.3. The highest BCUT2D eigenvalue weighted by atomic mass is 16.2. The lowest BCUT2D eigenvalue weighted by Gasteiger charge is -2.10. The summed E-state index contributed by atoms with van der Waals surface area (Å²) in [5.74, 6) is -0.544. The number of nitrogens with one attached hydrogen (secondary N) is 2. The molecular formula is C18H20N4O2. The molecule has 6 nitrogen and oxygen atoms in total. The van der Waals surface area contributed by atoms with E-state index < -0.39 is 0 Å². The minimum atomic E-state index is -0.364. The van der Waals surface area contributed by atoms with Gasteiger partial charge in [0.25, 0.3) is 5.91 Å². The second-order valence-corrected chi connectivity index (χ2v) is 5.50. The molecule has 0 spiro atoms. The third kappa shape index (κ3) is 4.74. The number of rotatable bonds is 5. The molecule has 124 valence electrons. The maximum absolute atomic E-state index is 12.1. The van der Waals surface area contributed by atoms with Gasteiger partial charge in [0.05, 0.1) is 12.0 Å². The normalized spacial score (nSPS) is 11.0. The molecule has 1 aromatic heterocycles. The Hall–Kier alpha value is -3.02. The molecule has 2 amide bonds. The third-order valence-electron chi connectivity index (χ3n) is 3.57. The molecule has 0 aliphatic rings. The first-order valence-electron chi connectivity index (χ1n) is 7.57. The van der Waals surface area contributed by atoms with Gasteiger partial charge in [-0.2, -0.15) is 5.10 Å². The molecule has 0 radical (unpaired) electrons. The number of pyridine rings is 1. The van der Waals surface area contributed by atoms with Crippen LogP contribution in [0.15, 0.2) is 47.8 Å². The van der Waals surface area contributed by atoms with Crippen LogP contribution >= 0.6 is 0 Å². The molecule has 0 aliphatic heterocycles. The van der Waals surface area contributed by atoms with Crippen LogP contribution in [0, 0.1) is 13.8 Å². The van der Waals surface area contributed by atoms with E-state index in [1.54, 1.807) is 25.3 Å². The van der Waals surface area contributed by atoms with Gasteiger partial charge in [-0.3, -0.25) is 14.6 Å². The van der Waals surface area contributed by atoms with Gasteiger partial charge in [-0.05, 0) is 50.1 Å². The molecular weight excluding hydrogens is 304 g/mol. The zero-order valence-corrected chi connectivity index (χ0v) is 14.0. The summed E-state index contributed by atoms with van der Waals surface area (Å²) >= 11 is 0. The zero-order valence-electron chi connectivity index (χ0n) is 14.0. The summed E-state index contributed by atoms with van der Waals surface area (Å²) in [4.78, 5) is 27.8. The molecule has 2 rings (SSSR count). The van der Waals surface area contributed by atoms with Crippen LogP contribution in [0.5, 0.6) is 0 Å². The number of hydrazone groups is 1. The number of carbonyl (C=O) groups is 2. The van der Waals surface area contributed by atoms with Crippen molar-refractivity contribution in [3.8, 4) is 0 Å².